The van der Waals surface area contributed by atoms with Gasteiger partial charge in [0.25, 0.3) is 5.91 Å². The van der Waals surface area contributed by atoms with Crippen LogP contribution < -0.4 is 0 Å². The number of hydrogen-bond acceptors (Lipinski definition) is 4. The number of hydrogen-bond donors (Lipinski definition) is 0. The van der Waals surface area contributed by atoms with E-state index < -0.39 is 5.82 Å². The molecule has 1 aromatic heterocycles. The molecular formula is C26H31FN4O2. The molecule has 1 amide bonds. The van der Waals surface area contributed by atoms with Crippen LogP contribution >= 0.6 is 0 Å². The maximum Gasteiger partial charge on any atom is 0.257 e. The van der Waals surface area contributed by atoms with Gasteiger partial charge in [-0.05, 0) is 37.1 Å². The number of benzene rings is 2. The van der Waals surface area contributed by atoms with Crippen molar-refractivity contribution in [3.05, 3.63) is 88.8 Å². The Hall–Kier alpha value is -3.03. The summed E-state index contributed by atoms with van der Waals surface area (Å²) < 4.78 is 21.9. The van der Waals surface area contributed by atoms with Crippen molar-refractivity contribution in [3.63, 3.8) is 0 Å². The third-order valence-electron chi connectivity index (χ3n) is 6.16. The molecule has 0 N–H and O–H groups in total. The zero-order valence-electron chi connectivity index (χ0n) is 19.3. The summed E-state index contributed by atoms with van der Waals surface area (Å²) in [6.07, 6.45) is 3.69. The molecule has 0 radical (unpaired) electrons. The highest BCUT2D eigenvalue weighted by molar-refractivity contribution is 5.94. The van der Waals surface area contributed by atoms with Crippen molar-refractivity contribution in [2.45, 2.75) is 26.9 Å². The Kier molecular flexibility index (Phi) is 7.52. The molecule has 174 valence electrons. The molecule has 0 bridgehead atoms. The van der Waals surface area contributed by atoms with E-state index in [1.54, 1.807) is 29.3 Å². The van der Waals surface area contributed by atoms with Crippen molar-refractivity contribution in [2.75, 3.05) is 39.4 Å². The standard InChI is InChI=1S/C26H31FN4O2/c1-20-7-8-21(2)22(17-20)18-30-10-9-28-25(30)19-31(12-11-29-13-15-33-16-14-29)26(32)23-5-3-4-6-24(23)27/h3-10,17H,11-16,18-19H2,1-2H3. The molecule has 7 heteroatoms. The number of imidazole rings is 1. The van der Waals surface area contributed by atoms with E-state index >= 15 is 0 Å². The van der Waals surface area contributed by atoms with Crippen molar-refractivity contribution in [3.8, 4) is 0 Å². The van der Waals surface area contributed by atoms with Crippen molar-refractivity contribution in [1.29, 1.82) is 0 Å². The van der Waals surface area contributed by atoms with Gasteiger partial charge < -0.3 is 14.2 Å². The van der Waals surface area contributed by atoms with Gasteiger partial charge in [0, 0.05) is 45.1 Å². The van der Waals surface area contributed by atoms with Gasteiger partial charge in [-0.15, -0.1) is 0 Å². The van der Waals surface area contributed by atoms with E-state index in [2.05, 4.69) is 46.5 Å². The fourth-order valence-corrected chi connectivity index (χ4v) is 4.10. The molecule has 1 aliphatic rings. The summed E-state index contributed by atoms with van der Waals surface area (Å²) in [7, 11) is 0. The van der Waals surface area contributed by atoms with E-state index in [0.29, 0.717) is 39.4 Å². The van der Waals surface area contributed by atoms with Gasteiger partial charge in [-0.3, -0.25) is 9.69 Å². The highest BCUT2D eigenvalue weighted by Gasteiger charge is 2.22. The Balaban J connectivity index is 1.55. The smallest absolute Gasteiger partial charge is 0.257 e. The van der Waals surface area contributed by atoms with Crippen LogP contribution in [-0.4, -0.2) is 64.7 Å². The summed E-state index contributed by atoms with van der Waals surface area (Å²) in [6, 6.07) is 12.6. The fraction of sp³-hybridized carbons (Fsp3) is 0.385. The topological polar surface area (TPSA) is 50.6 Å². The lowest BCUT2D eigenvalue weighted by molar-refractivity contribution is 0.0318. The second-order valence-corrected chi connectivity index (χ2v) is 8.56. The van der Waals surface area contributed by atoms with Crippen LogP contribution in [-0.2, 0) is 17.8 Å². The van der Waals surface area contributed by atoms with Crippen LogP contribution in [0, 0.1) is 19.7 Å². The number of halogens is 1. The summed E-state index contributed by atoms with van der Waals surface area (Å²) in [5.74, 6) is -0.0391. The van der Waals surface area contributed by atoms with E-state index in [-0.39, 0.29) is 11.5 Å². The summed E-state index contributed by atoms with van der Waals surface area (Å²) in [4.78, 5) is 21.9. The molecule has 6 nitrogen and oxygen atoms in total. The quantitative estimate of drug-likeness (QED) is 0.526. The third-order valence-corrected chi connectivity index (χ3v) is 6.16. The zero-order valence-corrected chi connectivity index (χ0v) is 19.3. The number of aromatic nitrogens is 2. The minimum Gasteiger partial charge on any atom is -0.379 e. The molecule has 1 saturated heterocycles. The molecular weight excluding hydrogens is 419 g/mol. The number of ether oxygens (including phenoxy) is 1. The molecule has 33 heavy (non-hydrogen) atoms. The monoisotopic (exact) mass is 450 g/mol. The number of aryl methyl sites for hydroxylation is 2. The van der Waals surface area contributed by atoms with Crippen molar-refractivity contribution in [1.82, 2.24) is 19.4 Å². The summed E-state index contributed by atoms with van der Waals surface area (Å²) in [5, 5.41) is 0. The van der Waals surface area contributed by atoms with Gasteiger partial charge in [0.05, 0.1) is 25.3 Å². The van der Waals surface area contributed by atoms with Gasteiger partial charge in [0.2, 0.25) is 0 Å². The first-order valence-electron chi connectivity index (χ1n) is 11.4. The van der Waals surface area contributed by atoms with Crippen LogP contribution in [0.25, 0.3) is 0 Å². The third kappa shape index (κ3) is 5.86. The largest absolute Gasteiger partial charge is 0.379 e. The molecule has 1 fully saturated rings. The summed E-state index contributed by atoms with van der Waals surface area (Å²) in [5.41, 5.74) is 3.73. The van der Waals surface area contributed by atoms with Gasteiger partial charge in [0.1, 0.15) is 11.6 Å². The number of amides is 1. The maximum atomic E-state index is 14.4. The van der Waals surface area contributed by atoms with E-state index in [9.17, 15) is 9.18 Å². The van der Waals surface area contributed by atoms with E-state index in [0.717, 1.165) is 18.9 Å². The van der Waals surface area contributed by atoms with E-state index in [4.69, 9.17) is 4.74 Å². The summed E-state index contributed by atoms with van der Waals surface area (Å²) in [6.45, 7) is 9.43. The van der Waals surface area contributed by atoms with Gasteiger partial charge >= 0.3 is 0 Å². The van der Waals surface area contributed by atoms with Crippen molar-refractivity contribution < 1.29 is 13.9 Å². The van der Waals surface area contributed by atoms with Crippen molar-refractivity contribution in [2.24, 2.45) is 0 Å². The number of carbonyl (C=O) groups excluding carboxylic acids is 1. The molecule has 2 aromatic carbocycles. The first kappa shape index (κ1) is 23.1. The number of rotatable bonds is 8. The van der Waals surface area contributed by atoms with Crippen molar-refractivity contribution >= 4 is 5.91 Å². The highest BCUT2D eigenvalue weighted by atomic mass is 19.1. The predicted molar refractivity (Wildman–Crippen MR) is 126 cm³/mol. The SMILES string of the molecule is Cc1ccc(C)c(Cn2ccnc2CN(CCN2CCOCC2)C(=O)c2ccccc2F)c1. The zero-order chi connectivity index (χ0) is 23.2. The molecule has 0 atom stereocenters. The fourth-order valence-electron chi connectivity index (χ4n) is 4.10. The average molecular weight is 451 g/mol. The Bertz CT molecular complexity index is 1090. The van der Waals surface area contributed by atoms with Crippen LogP contribution in [0.1, 0.15) is 32.9 Å². The predicted octanol–water partition coefficient (Wildman–Crippen LogP) is 3.66. The van der Waals surface area contributed by atoms with E-state index in [1.165, 1.54) is 22.8 Å². The lowest BCUT2D eigenvalue weighted by Gasteiger charge is -2.30. The lowest BCUT2D eigenvalue weighted by atomic mass is 10.1. The van der Waals surface area contributed by atoms with E-state index in [1.807, 2.05) is 6.20 Å². The first-order valence-corrected chi connectivity index (χ1v) is 11.4. The van der Waals surface area contributed by atoms with Gasteiger partial charge in [-0.2, -0.15) is 0 Å². The van der Waals surface area contributed by atoms with Crippen LogP contribution in [0.3, 0.4) is 0 Å². The van der Waals surface area contributed by atoms with Crippen LogP contribution in [0.2, 0.25) is 0 Å². The molecule has 1 aliphatic heterocycles. The van der Waals surface area contributed by atoms with Crippen LogP contribution in [0.5, 0.6) is 0 Å². The second-order valence-electron chi connectivity index (χ2n) is 8.56. The van der Waals surface area contributed by atoms with Crippen LogP contribution in [0.4, 0.5) is 4.39 Å². The van der Waals surface area contributed by atoms with Gasteiger partial charge in [0.15, 0.2) is 0 Å². The number of carbonyl (C=O) groups is 1. The first-order chi connectivity index (χ1) is 16.0. The molecule has 0 aliphatic carbocycles. The average Bonchev–Trinajstić information content (AvgIpc) is 3.26. The minimum atomic E-state index is -0.502. The lowest BCUT2D eigenvalue weighted by Crippen LogP contribution is -2.43. The number of morpholine rings is 1. The molecule has 0 saturated carbocycles. The Morgan fingerprint density at radius 2 is 1.94 bits per heavy atom. The maximum absolute atomic E-state index is 14.4. The normalized spacial score (nSPS) is 14.4. The molecule has 0 spiro atoms. The molecule has 0 unspecified atom stereocenters. The Labute approximate surface area is 194 Å². The van der Waals surface area contributed by atoms with Gasteiger partial charge in [-0.25, -0.2) is 9.37 Å². The van der Waals surface area contributed by atoms with Crippen LogP contribution in [0.15, 0.2) is 54.9 Å². The molecule has 2 heterocycles. The number of nitrogens with zero attached hydrogens (tertiary/aromatic N) is 4. The summed E-state index contributed by atoms with van der Waals surface area (Å²) >= 11 is 0. The highest BCUT2D eigenvalue weighted by Crippen LogP contribution is 2.16. The second kappa shape index (κ2) is 10.7. The van der Waals surface area contributed by atoms with Gasteiger partial charge in [-0.1, -0.05) is 35.9 Å². The Morgan fingerprint density at radius 1 is 1.15 bits per heavy atom. The molecule has 3 aromatic rings. The molecule has 4 rings (SSSR count). The minimum absolute atomic E-state index is 0.0899. The Morgan fingerprint density at radius 3 is 2.73 bits per heavy atom.